The number of benzene rings is 1. The third-order valence-electron chi connectivity index (χ3n) is 5.76. The normalized spacial score (nSPS) is 19.4. The zero-order valence-electron chi connectivity index (χ0n) is 17.5. The van der Waals surface area contributed by atoms with Gasteiger partial charge in [-0.15, -0.1) is 0 Å². The molecule has 1 aromatic carbocycles. The molecule has 0 radical (unpaired) electrons. The van der Waals surface area contributed by atoms with Crippen LogP contribution >= 0.6 is 22.6 Å². The van der Waals surface area contributed by atoms with Crippen molar-refractivity contribution in [3.63, 3.8) is 0 Å². The Kier molecular flexibility index (Phi) is 6.51. The van der Waals surface area contributed by atoms with E-state index < -0.39 is 0 Å². The van der Waals surface area contributed by atoms with Gasteiger partial charge in [-0.05, 0) is 66.5 Å². The van der Waals surface area contributed by atoms with Crippen LogP contribution in [-0.2, 0) is 14.3 Å². The maximum absolute atomic E-state index is 13.0. The average molecular weight is 522 g/mol. The van der Waals surface area contributed by atoms with Crippen molar-refractivity contribution in [1.82, 2.24) is 0 Å². The predicted octanol–water partition coefficient (Wildman–Crippen LogP) is 5.61. The Balaban J connectivity index is 1.87. The molecule has 0 fully saturated rings. The molecule has 1 heterocycles. The van der Waals surface area contributed by atoms with Gasteiger partial charge in [-0.1, -0.05) is 6.92 Å². The molecule has 160 valence electrons. The number of hydrogen-bond donors (Lipinski definition) is 0. The van der Waals surface area contributed by atoms with Gasteiger partial charge in [0.1, 0.15) is 11.5 Å². The summed E-state index contributed by atoms with van der Waals surface area (Å²) < 4.78 is 18.9. The van der Waals surface area contributed by atoms with Gasteiger partial charge in [-0.2, -0.15) is 0 Å². The lowest BCUT2D eigenvalue weighted by Crippen LogP contribution is -2.30. The number of Topliss-reactive ketones (excluding diaryl/α,β-unsaturated/α-hetero) is 2. The van der Waals surface area contributed by atoms with Crippen LogP contribution in [0.25, 0.3) is 0 Å². The highest BCUT2D eigenvalue weighted by Crippen LogP contribution is 2.49. The van der Waals surface area contributed by atoms with Crippen molar-refractivity contribution in [3.05, 3.63) is 43.9 Å². The van der Waals surface area contributed by atoms with Crippen LogP contribution in [0.4, 0.5) is 0 Å². The van der Waals surface area contributed by atoms with E-state index in [1.165, 1.54) is 0 Å². The SMILES string of the molecule is CCCOc1c(I)cc(C2C3=C(CCCC3=O)OC3=C2C(=O)CCC3)cc1OCC. The second-order valence-electron chi connectivity index (χ2n) is 7.87. The highest BCUT2D eigenvalue weighted by atomic mass is 127. The molecule has 0 bridgehead atoms. The average Bonchev–Trinajstić information content (AvgIpc) is 2.72. The molecule has 0 unspecified atom stereocenters. The molecule has 1 aromatic rings. The minimum Gasteiger partial charge on any atom is -0.490 e. The maximum Gasteiger partial charge on any atom is 0.174 e. The lowest BCUT2D eigenvalue weighted by atomic mass is 9.73. The summed E-state index contributed by atoms with van der Waals surface area (Å²) in [6, 6.07) is 3.98. The van der Waals surface area contributed by atoms with Crippen molar-refractivity contribution >= 4 is 34.2 Å². The topological polar surface area (TPSA) is 61.8 Å². The van der Waals surface area contributed by atoms with Gasteiger partial charge in [0.15, 0.2) is 23.1 Å². The van der Waals surface area contributed by atoms with Gasteiger partial charge in [0.2, 0.25) is 0 Å². The number of ketones is 2. The number of ether oxygens (including phenoxy) is 3. The molecular weight excluding hydrogens is 495 g/mol. The standard InChI is InChI=1S/C24H27IO5/c1-3-11-29-24-15(25)12-14(13-20(24)28-4-2)21-22-16(26)7-5-9-18(22)30-19-10-6-8-17(27)23(19)21/h12-13,21H,3-11H2,1-2H3. The third kappa shape index (κ3) is 3.90. The molecule has 1 aliphatic heterocycles. The minimum absolute atomic E-state index is 0.0884. The van der Waals surface area contributed by atoms with Crippen LogP contribution in [0.15, 0.2) is 34.8 Å². The molecule has 3 aliphatic rings. The van der Waals surface area contributed by atoms with Crippen LogP contribution in [0.2, 0.25) is 0 Å². The molecule has 30 heavy (non-hydrogen) atoms. The maximum atomic E-state index is 13.0. The summed E-state index contributed by atoms with van der Waals surface area (Å²) in [6.07, 6.45) is 4.99. The fourth-order valence-corrected chi connectivity index (χ4v) is 5.29. The van der Waals surface area contributed by atoms with E-state index in [2.05, 4.69) is 29.5 Å². The van der Waals surface area contributed by atoms with Crippen molar-refractivity contribution in [3.8, 4) is 11.5 Å². The Labute approximate surface area is 191 Å². The molecule has 0 atom stereocenters. The van der Waals surface area contributed by atoms with E-state index in [0.29, 0.717) is 43.0 Å². The highest BCUT2D eigenvalue weighted by molar-refractivity contribution is 14.1. The van der Waals surface area contributed by atoms with Gasteiger partial charge in [0, 0.05) is 42.7 Å². The van der Waals surface area contributed by atoms with Crippen LogP contribution in [0.5, 0.6) is 11.5 Å². The molecule has 2 aliphatic carbocycles. The van der Waals surface area contributed by atoms with Gasteiger partial charge in [0.05, 0.1) is 16.8 Å². The second kappa shape index (κ2) is 9.12. The Morgan fingerprint density at radius 2 is 1.60 bits per heavy atom. The summed E-state index contributed by atoms with van der Waals surface area (Å²) in [5.41, 5.74) is 2.23. The summed E-state index contributed by atoms with van der Waals surface area (Å²) in [4.78, 5) is 25.9. The number of halogens is 1. The van der Waals surface area contributed by atoms with Crippen LogP contribution in [-0.4, -0.2) is 24.8 Å². The number of rotatable bonds is 6. The molecule has 0 amide bonds. The monoisotopic (exact) mass is 522 g/mol. The lowest BCUT2D eigenvalue weighted by Gasteiger charge is -2.36. The Morgan fingerprint density at radius 3 is 2.17 bits per heavy atom. The largest absolute Gasteiger partial charge is 0.490 e. The molecule has 0 saturated heterocycles. The van der Waals surface area contributed by atoms with Gasteiger partial charge in [-0.25, -0.2) is 0 Å². The lowest BCUT2D eigenvalue weighted by molar-refractivity contribution is -0.117. The van der Waals surface area contributed by atoms with E-state index in [1.54, 1.807) is 0 Å². The van der Waals surface area contributed by atoms with Gasteiger partial charge in [-0.3, -0.25) is 9.59 Å². The van der Waals surface area contributed by atoms with Crippen LogP contribution < -0.4 is 9.47 Å². The molecule has 0 aromatic heterocycles. The zero-order chi connectivity index (χ0) is 21.3. The zero-order valence-corrected chi connectivity index (χ0v) is 19.7. The Hall–Kier alpha value is -1.83. The molecule has 4 rings (SSSR count). The third-order valence-corrected chi connectivity index (χ3v) is 6.56. The van der Waals surface area contributed by atoms with E-state index in [1.807, 2.05) is 19.1 Å². The van der Waals surface area contributed by atoms with Crippen molar-refractivity contribution in [2.24, 2.45) is 0 Å². The highest BCUT2D eigenvalue weighted by Gasteiger charge is 2.42. The van der Waals surface area contributed by atoms with E-state index >= 15 is 0 Å². The number of carbonyl (C=O) groups excluding carboxylic acids is 2. The van der Waals surface area contributed by atoms with Crippen LogP contribution in [0.3, 0.4) is 0 Å². The molecule has 0 spiro atoms. The summed E-state index contributed by atoms with van der Waals surface area (Å²) in [6.45, 7) is 5.12. The van der Waals surface area contributed by atoms with Crippen molar-refractivity contribution in [2.45, 2.75) is 64.7 Å². The van der Waals surface area contributed by atoms with E-state index in [0.717, 1.165) is 58.5 Å². The first-order valence-electron chi connectivity index (χ1n) is 10.8. The van der Waals surface area contributed by atoms with E-state index in [9.17, 15) is 9.59 Å². The van der Waals surface area contributed by atoms with Gasteiger partial charge >= 0.3 is 0 Å². The van der Waals surface area contributed by atoms with Crippen molar-refractivity contribution in [1.29, 1.82) is 0 Å². The molecule has 5 nitrogen and oxygen atoms in total. The summed E-state index contributed by atoms with van der Waals surface area (Å²) in [5.74, 6) is 2.69. The number of allylic oxidation sites excluding steroid dienone is 4. The van der Waals surface area contributed by atoms with Crippen molar-refractivity contribution < 1.29 is 23.8 Å². The Morgan fingerprint density at radius 1 is 0.967 bits per heavy atom. The quantitative estimate of drug-likeness (QED) is 0.455. The summed E-state index contributed by atoms with van der Waals surface area (Å²) in [7, 11) is 0. The molecule has 6 heteroatoms. The smallest absolute Gasteiger partial charge is 0.174 e. The fourth-order valence-electron chi connectivity index (χ4n) is 4.51. The van der Waals surface area contributed by atoms with Crippen LogP contribution in [0, 0.1) is 3.57 Å². The van der Waals surface area contributed by atoms with Gasteiger partial charge < -0.3 is 14.2 Å². The first-order chi connectivity index (χ1) is 14.5. The van der Waals surface area contributed by atoms with Crippen LogP contribution in [0.1, 0.15) is 70.3 Å². The number of carbonyl (C=O) groups is 2. The van der Waals surface area contributed by atoms with E-state index in [4.69, 9.17) is 14.2 Å². The summed E-state index contributed by atoms with van der Waals surface area (Å²) in [5, 5.41) is 0. The van der Waals surface area contributed by atoms with Gasteiger partial charge in [0.25, 0.3) is 0 Å². The Bertz CT molecular complexity index is 901. The van der Waals surface area contributed by atoms with Crippen molar-refractivity contribution in [2.75, 3.05) is 13.2 Å². The van der Waals surface area contributed by atoms with E-state index in [-0.39, 0.29) is 17.5 Å². The fraction of sp³-hybridized carbons (Fsp3) is 0.500. The molecular formula is C24H27IO5. The predicted molar refractivity (Wildman–Crippen MR) is 122 cm³/mol. The molecule has 0 N–H and O–H groups in total. The first kappa shape index (κ1) is 21.4. The molecule has 0 saturated carbocycles. The summed E-state index contributed by atoms with van der Waals surface area (Å²) >= 11 is 2.25. The second-order valence-corrected chi connectivity index (χ2v) is 9.04. The first-order valence-corrected chi connectivity index (χ1v) is 11.9. The minimum atomic E-state index is -0.378. The number of hydrogen-bond acceptors (Lipinski definition) is 5.